The van der Waals surface area contributed by atoms with Crippen molar-refractivity contribution in [1.29, 1.82) is 0 Å². The normalized spacial score (nSPS) is 27.9. The van der Waals surface area contributed by atoms with Crippen molar-refractivity contribution in [3.05, 3.63) is 58.4 Å². The van der Waals surface area contributed by atoms with Gasteiger partial charge in [-0.15, -0.1) is 0 Å². The van der Waals surface area contributed by atoms with Crippen LogP contribution in [-0.2, 0) is 19.4 Å². The van der Waals surface area contributed by atoms with Crippen LogP contribution in [0.5, 0.6) is 0 Å². The largest absolute Gasteiger partial charge is 0.387 e. The van der Waals surface area contributed by atoms with Gasteiger partial charge in [-0.2, -0.15) is 0 Å². The number of benzene rings is 2. The molecule has 3 atom stereocenters. The van der Waals surface area contributed by atoms with E-state index in [0.717, 1.165) is 12.5 Å². The molecule has 3 saturated carbocycles. The highest BCUT2D eigenvalue weighted by atomic mass is 35.5. The van der Waals surface area contributed by atoms with Crippen LogP contribution in [0.4, 0.5) is 18.9 Å². The van der Waals surface area contributed by atoms with Crippen molar-refractivity contribution in [1.82, 2.24) is 5.32 Å². The summed E-state index contributed by atoms with van der Waals surface area (Å²) in [7, 11) is -4.04. The van der Waals surface area contributed by atoms with Crippen LogP contribution in [-0.4, -0.2) is 55.9 Å². The maximum atomic E-state index is 13.6. The zero-order chi connectivity index (χ0) is 28.8. The maximum absolute atomic E-state index is 13.6. The van der Waals surface area contributed by atoms with E-state index in [1.165, 1.54) is 12.1 Å². The van der Waals surface area contributed by atoms with E-state index in [1.54, 1.807) is 0 Å². The Morgan fingerprint density at radius 2 is 1.75 bits per heavy atom. The Hall–Kier alpha value is -2.67. The lowest BCUT2D eigenvalue weighted by atomic mass is 9.53. The number of hydrogen-bond donors (Lipinski definition) is 3. The van der Waals surface area contributed by atoms with Crippen molar-refractivity contribution in [2.75, 3.05) is 25.1 Å². The summed E-state index contributed by atoms with van der Waals surface area (Å²) in [5.74, 6) is -6.69. The fourth-order valence-electron chi connectivity index (χ4n) is 5.99. The Bertz CT molecular complexity index is 1410. The molecule has 2 aromatic carbocycles. The molecule has 1 aliphatic heterocycles. The van der Waals surface area contributed by atoms with E-state index in [2.05, 4.69) is 10.6 Å². The minimum Gasteiger partial charge on any atom is -0.387 e. The molecule has 8 nitrogen and oxygen atoms in total. The molecular weight excluding hydrogens is 573 g/mol. The molecule has 2 bridgehead atoms. The molecule has 40 heavy (non-hydrogen) atoms. The quantitative estimate of drug-likeness (QED) is 0.415. The topological polar surface area (TPSA) is 122 Å². The molecule has 216 valence electrons. The van der Waals surface area contributed by atoms with Gasteiger partial charge in [0.2, 0.25) is 5.91 Å². The van der Waals surface area contributed by atoms with Crippen LogP contribution < -0.4 is 10.6 Å². The van der Waals surface area contributed by atoms with Crippen molar-refractivity contribution < 1.29 is 41.0 Å². The van der Waals surface area contributed by atoms with E-state index >= 15 is 0 Å². The van der Waals surface area contributed by atoms with Gasteiger partial charge >= 0.3 is 0 Å². The van der Waals surface area contributed by atoms with Crippen molar-refractivity contribution >= 4 is 38.9 Å². The smallest absolute Gasteiger partial charge is 0.255 e. The molecule has 2 amide bonds. The number of nitrogens with one attached hydrogen (secondary N) is 2. The first kappa shape index (κ1) is 28.8. The molecule has 4 aliphatic rings. The summed E-state index contributed by atoms with van der Waals surface area (Å²) in [5.41, 5.74) is -1.70. The fourth-order valence-corrected chi connectivity index (χ4v) is 8.39. The summed E-state index contributed by atoms with van der Waals surface area (Å²) in [6.45, 7) is 0.998. The number of anilines is 1. The number of aliphatic hydroxyl groups is 1. The number of carbonyl (C=O) groups is 2. The van der Waals surface area contributed by atoms with Gasteiger partial charge in [0.15, 0.2) is 27.3 Å². The van der Waals surface area contributed by atoms with Gasteiger partial charge in [0.05, 0.1) is 33.3 Å². The second-order valence-corrected chi connectivity index (χ2v) is 13.3. The first-order valence-corrected chi connectivity index (χ1v) is 14.9. The average molecular weight is 601 g/mol. The monoisotopic (exact) mass is 600 g/mol. The molecular formula is C27H28ClF3N2O6S. The average Bonchev–Trinajstić information content (AvgIpc) is 2.94. The van der Waals surface area contributed by atoms with Crippen LogP contribution in [0.15, 0.2) is 35.2 Å². The molecule has 13 heteroatoms. The van der Waals surface area contributed by atoms with Crippen molar-refractivity contribution in [3.8, 4) is 0 Å². The Labute approximate surface area is 234 Å². The van der Waals surface area contributed by atoms with E-state index in [4.69, 9.17) is 16.3 Å². The number of fused-ring (bicyclic) bond motifs is 2. The van der Waals surface area contributed by atoms with E-state index in [9.17, 15) is 36.3 Å². The number of rotatable bonds is 7. The molecule has 0 spiro atoms. The predicted molar refractivity (Wildman–Crippen MR) is 139 cm³/mol. The van der Waals surface area contributed by atoms with E-state index < -0.39 is 44.0 Å². The van der Waals surface area contributed by atoms with Gasteiger partial charge < -0.3 is 20.5 Å². The SMILES string of the molecule is O=C(Nc1cc(F)c(F)c(F)c1)c1ccc(Cl)c(S(=O)(=O)C2CC3CC(C2)C3(O)CNC(=O)C2CCCOC2)c1. The zero-order valence-electron chi connectivity index (χ0n) is 21.3. The van der Waals surface area contributed by atoms with Gasteiger partial charge in [-0.1, -0.05) is 11.6 Å². The zero-order valence-corrected chi connectivity index (χ0v) is 22.8. The third-order valence-corrected chi connectivity index (χ3v) is 11.0. The molecule has 2 aromatic rings. The standard InChI is InChI=1S/C27H28ClF3N2O6S/c28-20-4-3-14(26(35)33-18-10-21(29)24(31)22(30)11-18)6-23(20)40(37,38)19-8-16-7-17(9-19)27(16,36)13-32-25(34)15-2-1-5-39-12-15/h3-4,6,10-11,15-17,19,36H,1-2,5,7-9,12-13H2,(H,32,34)(H,33,35). The van der Waals surface area contributed by atoms with E-state index in [1.807, 2.05) is 0 Å². The summed E-state index contributed by atoms with van der Waals surface area (Å²) in [6, 6.07) is 4.78. The van der Waals surface area contributed by atoms with Crippen molar-refractivity contribution in [3.63, 3.8) is 0 Å². The third kappa shape index (κ3) is 5.34. The van der Waals surface area contributed by atoms with Gasteiger partial charge in [0.1, 0.15) is 0 Å². The Kier molecular flexibility index (Phi) is 7.90. The van der Waals surface area contributed by atoms with E-state index in [0.29, 0.717) is 38.2 Å². The molecule has 3 N–H and O–H groups in total. The molecule has 0 radical (unpaired) electrons. The van der Waals surface area contributed by atoms with Crippen LogP contribution >= 0.6 is 11.6 Å². The Morgan fingerprint density at radius 1 is 1.07 bits per heavy atom. The fraction of sp³-hybridized carbons (Fsp3) is 0.481. The molecule has 3 aliphatic carbocycles. The first-order valence-electron chi connectivity index (χ1n) is 13.0. The number of carbonyl (C=O) groups excluding carboxylic acids is 2. The van der Waals surface area contributed by atoms with Gasteiger partial charge in [-0.25, -0.2) is 21.6 Å². The highest BCUT2D eigenvalue weighted by Gasteiger charge is 2.60. The number of amides is 2. The lowest BCUT2D eigenvalue weighted by Crippen LogP contribution is -2.66. The Balaban J connectivity index is 1.27. The van der Waals surface area contributed by atoms with Crippen LogP contribution in [0.3, 0.4) is 0 Å². The van der Waals surface area contributed by atoms with E-state index in [-0.39, 0.29) is 64.2 Å². The second kappa shape index (κ2) is 11.0. The molecule has 4 fully saturated rings. The van der Waals surface area contributed by atoms with Gasteiger partial charge in [-0.05, 0) is 62.1 Å². The lowest BCUT2D eigenvalue weighted by molar-refractivity contribution is -0.175. The predicted octanol–water partition coefficient (Wildman–Crippen LogP) is 3.86. The van der Waals surface area contributed by atoms with Gasteiger partial charge in [-0.3, -0.25) is 9.59 Å². The summed E-state index contributed by atoms with van der Waals surface area (Å²) in [4.78, 5) is 24.9. The summed E-state index contributed by atoms with van der Waals surface area (Å²) in [6.07, 6.45) is 2.44. The minimum absolute atomic E-state index is 0.0332. The van der Waals surface area contributed by atoms with Gasteiger partial charge in [0.25, 0.3) is 5.91 Å². The van der Waals surface area contributed by atoms with Crippen LogP contribution in [0, 0.1) is 35.2 Å². The summed E-state index contributed by atoms with van der Waals surface area (Å²) in [5, 5.41) is 15.3. The minimum atomic E-state index is -4.04. The van der Waals surface area contributed by atoms with Gasteiger partial charge in [0, 0.05) is 36.5 Å². The third-order valence-electron chi connectivity index (χ3n) is 8.34. The van der Waals surface area contributed by atoms with Crippen LogP contribution in [0.2, 0.25) is 5.02 Å². The molecule has 1 heterocycles. The van der Waals surface area contributed by atoms with Crippen LogP contribution in [0.1, 0.15) is 42.5 Å². The first-order chi connectivity index (χ1) is 18.9. The highest BCUT2D eigenvalue weighted by Crippen LogP contribution is 2.55. The summed E-state index contributed by atoms with van der Waals surface area (Å²) < 4.78 is 72.8. The van der Waals surface area contributed by atoms with Crippen LogP contribution in [0.25, 0.3) is 0 Å². The van der Waals surface area contributed by atoms with Crippen molar-refractivity contribution in [2.45, 2.75) is 47.9 Å². The summed E-state index contributed by atoms with van der Waals surface area (Å²) >= 11 is 6.23. The highest BCUT2D eigenvalue weighted by molar-refractivity contribution is 7.92. The lowest BCUT2D eigenvalue weighted by Gasteiger charge is -2.58. The maximum Gasteiger partial charge on any atom is 0.255 e. The molecule has 1 saturated heterocycles. The molecule has 3 unspecified atom stereocenters. The number of ether oxygens (including phenoxy) is 1. The molecule has 6 rings (SSSR count). The molecule has 0 aromatic heterocycles. The second-order valence-electron chi connectivity index (χ2n) is 10.7. The number of sulfone groups is 1. The van der Waals surface area contributed by atoms with Crippen molar-refractivity contribution in [2.24, 2.45) is 17.8 Å². The Morgan fingerprint density at radius 3 is 2.38 bits per heavy atom. The number of halogens is 4. The number of hydrogen-bond acceptors (Lipinski definition) is 6.